The van der Waals surface area contributed by atoms with Crippen molar-refractivity contribution >= 4 is 33.3 Å². The number of fused-ring (bicyclic) bond motifs is 1. The number of rotatable bonds is 5. The first kappa shape index (κ1) is 20.5. The van der Waals surface area contributed by atoms with Crippen molar-refractivity contribution in [1.29, 1.82) is 5.26 Å². The van der Waals surface area contributed by atoms with Crippen LogP contribution in [0.4, 0.5) is 5.82 Å². The average Bonchev–Trinajstić information content (AvgIpc) is 3.30. The number of aromatic nitrogens is 4. The highest BCUT2D eigenvalue weighted by molar-refractivity contribution is 7.19. The number of nitriles is 1. The number of carbonyl (C=O) groups is 1. The van der Waals surface area contributed by atoms with Gasteiger partial charge in [-0.2, -0.15) is 10.4 Å². The third-order valence-corrected chi connectivity index (χ3v) is 6.22. The van der Waals surface area contributed by atoms with Gasteiger partial charge in [0.1, 0.15) is 28.3 Å². The minimum absolute atomic E-state index is 0.256. The maximum Gasteiger partial charge on any atom is 0.263 e. The molecule has 0 bridgehead atoms. The topological polar surface area (TPSA) is 106 Å². The number of anilines is 1. The molecular weight excluding hydrogens is 412 g/mol. The van der Waals surface area contributed by atoms with Gasteiger partial charge in [-0.3, -0.25) is 18.8 Å². The predicted octanol–water partition coefficient (Wildman–Crippen LogP) is 3.63. The number of hydrogen-bond acceptors (Lipinski definition) is 6. The SMILES string of the molecule is CCC(C(=O)Nc1c(C#N)cnn1C)n1cnc2sc(C)c(-c3ccccc3)c2c1=O. The Hall–Kier alpha value is -3.77. The monoisotopic (exact) mass is 432 g/mol. The van der Waals surface area contributed by atoms with Gasteiger partial charge in [-0.1, -0.05) is 37.3 Å². The van der Waals surface area contributed by atoms with Crippen molar-refractivity contribution in [1.82, 2.24) is 19.3 Å². The molecule has 3 heterocycles. The van der Waals surface area contributed by atoms with Crippen molar-refractivity contribution in [2.75, 3.05) is 5.32 Å². The van der Waals surface area contributed by atoms with Crippen molar-refractivity contribution < 1.29 is 4.79 Å². The lowest BCUT2D eigenvalue weighted by molar-refractivity contribution is -0.119. The molecule has 1 N–H and O–H groups in total. The summed E-state index contributed by atoms with van der Waals surface area (Å²) in [4.78, 5) is 32.7. The predicted molar refractivity (Wildman–Crippen MR) is 120 cm³/mol. The molecular formula is C22H20N6O2S. The second kappa shape index (κ2) is 8.16. The highest BCUT2D eigenvalue weighted by Gasteiger charge is 2.25. The Kier molecular flexibility index (Phi) is 5.40. The molecule has 1 aromatic carbocycles. The van der Waals surface area contributed by atoms with E-state index in [2.05, 4.69) is 15.4 Å². The second-order valence-corrected chi connectivity index (χ2v) is 8.30. The summed E-state index contributed by atoms with van der Waals surface area (Å²) in [6, 6.07) is 10.9. The van der Waals surface area contributed by atoms with Gasteiger partial charge >= 0.3 is 0 Å². The number of benzene rings is 1. The zero-order valence-corrected chi connectivity index (χ0v) is 18.1. The Morgan fingerprint density at radius 2 is 2.06 bits per heavy atom. The molecule has 0 radical (unpaired) electrons. The summed E-state index contributed by atoms with van der Waals surface area (Å²) in [5, 5.41) is 16.5. The molecule has 3 aromatic heterocycles. The quantitative estimate of drug-likeness (QED) is 0.518. The summed E-state index contributed by atoms with van der Waals surface area (Å²) >= 11 is 1.46. The Morgan fingerprint density at radius 1 is 1.32 bits per heavy atom. The van der Waals surface area contributed by atoms with E-state index in [1.807, 2.05) is 50.2 Å². The van der Waals surface area contributed by atoms with Crippen LogP contribution in [0.3, 0.4) is 0 Å². The van der Waals surface area contributed by atoms with Gasteiger partial charge in [-0.05, 0) is 18.9 Å². The van der Waals surface area contributed by atoms with E-state index in [0.717, 1.165) is 16.0 Å². The first-order valence-electron chi connectivity index (χ1n) is 9.74. The molecule has 1 amide bonds. The molecule has 8 nitrogen and oxygen atoms in total. The van der Waals surface area contributed by atoms with Crippen molar-refractivity contribution in [3.05, 3.63) is 63.7 Å². The van der Waals surface area contributed by atoms with E-state index in [4.69, 9.17) is 0 Å². The molecule has 0 fully saturated rings. The van der Waals surface area contributed by atoms with Gasteiger partial charge in [-0.15, -0.1) is 11.3 Å². The summed E-state index contributed by atoms with van der Waals surface area (Å²) in [6.07, 6.45) is 3.19. The number of thiophene rings is 1. The van der Waals surface area contributed by atoms with Gasteiger partial charge in [0.25, 0.3) is 5.56 Å². The highest BCUT2D eigenvalue weighted by Crippen LogP contribution is 2.35. The van der Waals surface area contributed by atoms with Crippen LogP contribution < -0.4 is 10.9 Å². The average molecular weight is 433 g/mol. The van der Waals surface area contributed by atoms with E-state index in [-0.39, 0.29) is 11.1 Å². The molecule has 0 aliphatic carbocycles. The zero-order chi connectivity index (χ0) is 22.1. The molecule has 0 aliphatic rings. The number of aryl methyl sites for hydroxylation is 2. The van der Waals surface area contributed by atoms with Gasteiger partial charge in [0, 0.05) is 17.5 Å². The lowest BCUT2D eigenvalue weighted by Gasteiger charge is -2.18. The molecule has 1 atom stereocenters. The summed E-state index contributed by atoms with van der Waals surface area (Å²) in [6.45, 7) is 3.79. The Bertz CT molecular complexity index is 1380. The van der Waals surface area contributed by atoms with Crippen LogP contribution in [0.15, 0.2) is 47.7 Å². The van der Waals surface area contributed by atoms with Gasteiger partial charge in [0.05, 0.1) is 17.9 Å². The Morgan fingerprint density at radius 3 is 2.74 bits per heavy atom. The molecule has 0 saturated carbocycles. The number of amides is 1. The van der Waals surface area contributed by atoms with Crippen LogP contribution in [-0.4, -0.2) is 25.2 Å². The largest absolute Gasteiger partial charge is 0.308 e. The molecule has 4 rings (SSSR count). The molecule has 1 unspecified atom stereocenters. The fourth-order valence-corrected chi connectivity index (χ4v) is 4.67. The standard InChI is InChI=1S/C22H20N6O2S/c1-4-16(20(29)26-19-15(10-23)11-25-27(19)3)28-12-24-21-18(22(28)30)17(13(2)31-21)14-8-6-5-7-9-14/h5-9,11-12,16H,4H2,1-3H3,(H,26,29). The maximum atomic E-state index is 13.5. The lowest BCUT2D eigenvalue weighted by Crippen LogP contribution is -2.33. The first-order valence-corrected chi connectivity index (χ1v) is 10.6. The molecule has 0 saturated heterocycles. The number of carbonyl (C=O) groups excluding carboxylic acids is 1. The van der Waals surface area contributed by atoms with Crippen molar-refractivity contribution in [2.24, 2.45) is 7.05 Å². The van der Waals surface area contributed by atoms with Crippen LogP contribution in [0.2, 0.25) is 0 Å². The van der Waals surface area contributed by atoms with Crippen LogP contribution in [0.1, 0.15) is 29.8 Å². The number of hydrogen-bond donors (Lipinski definition) is 1. The van der Waals surface area contributed by atoms with E-state index in [9.17, 15) is 14.9 Å². The third-order valence-electron chi connectivity index (χ3n) is 5.20. The summed E-state index contributed by atoms with van der Waals surface area (Å²) in [5.41, 5.74) is 1.78. The van der Waals surface area contributed by atoms with Gasteiger partial charge in [0.2, 0.25) is 5.91 Å². The van der Waals surface area contributed by atoms with Crippen LogP contribution in [0, 0.1) is 18.3 Å². The van der Waals surface area contributed by atoms with E-state index in [0.29, 0.717) is 22.5 Å². The Balaban J connectivity index is 1.80. The molecule has 0 aliphatic heterocycles. The molecule has 0 spiro atoms. The van der Waals surface area contributed by atoms with Gasteiger partial charge in [-0.25, -0.2) is 4.98 Å². The summed E-state index contributed by atoms with van der Waals surface area (Å²) in [5.74, 6) is -0.108. The normalized spacial score (nSPS) is 11.9. The molecule has 31 heavy (non-hydrogen) atoms. The van der Waals surface area contributed by atoms with Crippen molar-refractivity contribution in [3.63, 3.8) is 0 Å². The van der Waals surface area contributed by atoms with Crippen LogP contribution >= 0.6 is 11.3 Å². The van der Waals surface area contributed by atoms with Crippen LogP contribution in [-0.2, 0) is 11.8 Å². The van der Waals surface area contributed by atoms with Crippen LogP contribution in [0.5, 0.6) is 0 Å². The van der Waals surface area contributed by atoms with Crippen molar-refractivity contribution in [2.45, 2.75) is 26.3 Å². The fourth-order valence-electron chi connectivity index (χ4n) is 3.67. The van der Waals surface area contributed by atoms with E-state index in [1.54, 1.807) is 7.05 Å². The zero-order valence-electron chi connectivity index (χ0n) is 17.3. The molecule has 9 heteroatoms. The maximum absolute atomic E-state index is 13.5. The minimum atomic E-state index is -0.783. The smallest absolute Gasteiger partial charge is 0.263 e. The van der Waals surface area contributed by atoms with Crippen molar-refractivity contribution in [3.8, 4) is 17.2 Å². The van der Waals surface area contributed by atoms with E-state index >= 15 is 0 Å². The van der Waals surface area contributed by atoms with Gasteiger partial charge in [0.15, 0.2) is 0 Å². The molecule has 156 valence electrons. The summed E-state index contributed by atoms with van der Waals surface area (Å²) in [7, 11) is 1.64. The minimum Gasteiger partial charge on any atom is -0.308 e. The number of nitrogens with zero attached hydrogens (tertiary/aromatic N) is 5. The lowest BCUT2D eigenvalue weighted by atomic mass is 10.0. The van der Waals surface area contributed by atoms with E-state index in [1.165, 1.54) is 33.1 Å². The second-order valence-electron chi connectivity index (χ2n) is 7.09. The highest BCUT2D eigenvalue weighted by atomic mass is 32.1. The Labute approximate surface area is 182 Å². The molecule has 4 aromatic rings. The fraction of sp³-hybridized carbons (Fsp3) is 0.227. The van der Waals surface area contributed by atoms with E-state index < -0.39 is 11.9 Å². The summed E-state index contributed by atoms with van der Waals surface area (Å²) < 4.78 is 2.79. The first-order chi connectivity index (χ1) is 15.0. The van der Waals surface area contributed by atoms with Crippen LogP contribution in [0.25, 0.3) is 21.3 Å². The third kappa shape index (κ3) is 3.51. The number of nitrogens with one attached hydrogen (secondary N) is 1. The van der Waals surface area contributed by atoms with Gasteiger partial charge < -0.3 is 5.32 Å².